The molecule has 1 aliphatic heterocycles. The maximum Gasteiger partial charge on any atom is 0.243 e. The average Bonchev–Trinajstić information content (AvgIpc) is 2.83. The molecular formula is C14H18Cl2FNO2S. The van der Waals surface area contributed by atoms with Crippen LogP contribution in [0.4, 0.5) is 4.39 Å². The van der Waals surface area contributed by atoms with Crippen molar-refractivity contribution < 1.29 is 12.8 Å². The van der Waals surface area contributed by atoms with Gasteiger partial charge in [0.2, 0.25) is 10.0 Å². The Labute approximate surface area is 135 Å². The van der Waals surface area contributed by atoms with Crippen molar-refractivity contribution in [2.24, 2.45) is 0 Å². The molecular weight excluding hydrogens is 336 g/mol. The highest BCUT2D eigenvalue weighted by Crippen LogP contribution is 2.34. The third-order valence-corrected chi connectivity index (χ3v) is 6.74. The van der Waals surface area contributed by atoms with E-state index in [0.29, 0.717) is 0 Å². The molecule has 1 aromatic carbocycles. The number of benzene rings is 1. The molecule has 0 amide bonds. The van der Waals surface area contributed by atoms with Gasteiger partial charge in [0.25, 0.3) is 0 Å². The molecule has 0 aliphatic carbocycles. The van der Waals surface area contributed by atoms with Crippen LogP contribution in [0.15, 0.2) is 17.0 Å². The second-order valence-electron chi connectivity index (χ2n) is 5.34. The first-order chi connectivity index (χ1) is 9.82. The van der Waals surface area contributed by atoms with Crippen LogP contribution in [-0.2, 0) is 15.9 Å². The van der Waals surface area contributed by atoms with Gasteiger partial charge >= 0.3 is 0 Å². The quantitative estimate of drug-likeness (QED) is 0.761. The van der Waals surface area contributed by atoms with Crippen molar-refractivity contribution in [3.8, 4) is 0 Å². The average molecular weight is 354 g/mol. The van der Waals surface area contributed by atoms with E-state index in [0.717, 1.165) is 25.3 Å². The molecule has 1 heterocycles. The lowest BCUT2D eigenvalue weighted by Crippen LogP contribution is -2.39. The first-order valence-electron chi connectivity index (χ1n) is 6.90. The Kier molecular flexibility index (Phi) is 5.19. The number of halogens is 3. The van der Waals surface area contributed by atoms with Gasteiger partial charge in [0.05, 0.1) is 9.92 Å². The first-order valence-corrected chi connectivity index (χ1v) is 9.25. The number of rotatable bonds is 4. The third kappa shape index (κ3) is 3.07. The van der Waals surface area contributed by atoms with Crippen LogP contribution in [0.1, 0.15) is 38.7 Å². The van der Waals surface area contributed by atoms with Gasteiger partial charge in [0.1, 0.15) is 5.82 Å². The van der Waals surface area contributed by atoms with Crippen LogP contribution < -0.4 is 0 Å². The Bertz CT molecular complexity index is 636. The van der Waals surface area contributed by atoms with E-state index in [9.17, 15) is 12.8 Å². The standard InChI is InChI=1S/C14H18Cl2FNO2S/c1-3-11-5-4-9(2)18(11)21(19,20)12-6-10(8-15)14(16)13(17)7-12/h6-7,9,11H,3-5,8H2,1-2H3. The van der Waals surface area contributed by atoms with Gasteiger partial charge in [-0.05, 0) is 43.9 Å². The van der Waals surface area contributed by atoms with Gasteiger partial charge in [-0.15, -0.1) is 11.6 Å². The van der Waals surface area contributed by atoms with Gasteiger partial charge in [0, 0.05) is 18.0 Å². The zero-order chi connectivity index (χ0) is 15.8. The number of hydrogen-bond donors (Lipinski definition) is 0. The van der Waals surface area contributed by atoms with Crippen molar-refractivity contribution in [3.63, 3.8) is 0 Å². The third-order valence-electron chi connectivity index (χ3n) is 3.98. The fourth-order valence-electron chi connectivity index (χ4n) is 2.85. The second kappa shape index (κ2) is 6.41. The summed E-state index contributed by atoms with van der Waals surface area (Å²) in [5.41, 5.74) is 0.289. The minimum Gasteiger partial charge on any atom is -0.207 e. The smallest absolute Gasteiger partial charge is 0.207 e. The lowest BCUT2D eigenvalue weighted by molar-refractivity contribution is 0.328. The monoisotopic (exact) mass is 353 g/mol. The molecule has 0 radical (unpaired) electrons. The Morgan fingerprint density at radius 2 is 2.05 bits per heavy atom. The molecule has 7 heteroatoms. The molecule has 1 fully saturated rings. The second-order valence-corrected chi connectivity index (χ2v) is 7.82. The van der Waals surface area contributed by atoms with Crippen molar-refractivity contribution in [2.75, 3.05) is 0 Å². The Balaban J connectivity index is 2.51. The Hall–Kier alpha value is -0.360. The first kappa shape index (κ1) is 17.0. The predicted molar refractivity (Wildman–Crippen MR) is 82.8 cm³/mol. The zero-order valence-electron chi connectivity index (χ0n) is 11.9. The van der Waals surface area contributed by atoms with Crippen LogP contribution in [0.3, 0.4) is 0 Å². The minimum atomic E-state index is -3.74. The lowest BCUT2D eigenvalue weighted by atomic mass is 10.2. The van der Waals surface area contributed by atoms with Gasteiger partial charge in [0.15, 0.2) is 0 Å². The molecule has 2 unspecified atom stereocenters. The van der Waals surface area contributed by atoms with Gasteiger partial charge in [-0.2, -0.15) is 4.31 Å². The van der Waals surface area contributed by atoms with Crippen molar-refractivity contribution in [1.29, 1.82) is 0 Å². The van der Waals surface area contributed by atoms with Crippen molar-refractivity contribution >= 4 is 33.2 Å². The number of nitrogens with zero attached hydrogens (tertiary/aromatic N) is 1. The SMILES string of the molecule is CCC1CCC(C)N1S(=O)(=O)c1cc(F)c(Cl)c(CCl)c1. The molecule has 0 N–H and O–H groups in total. The van der Waals surface area contributed by atoms with E-state index < -0.39 is 15.8 Å². The van der Waals surface area contributed by atoms with Crippen LogP contribution in [0, 0.1) is 5.82 Å². The summed E-state index contributed by atoms with van der Waals surface area (Å²) in [6.45, 7) is 3.83. The maximum absolute atomic E-state index is 13.8. The highest BCUT2D eigenvalue weighted by Gasteiger charge is 2.39. The maximum atomic E-state index is 13.8. The zero-order valence-corrected chi connectivity index (χ0v) is 14.3. The summed E-state index contributed by atoms with van der Waals surface area (Å²) in [6.07, 6.45) is 2.38. The van der Waals surface area contributed by atoms with Gasteiger partial charge in [-0.3, -0.25) is 0 Å². The molecule has 0 spiro atoms. The lowest BCUT2D eigenvalue weighted by Gasteiger charge is -2.27. The van der Waals surface area contributed by atoms with Crippen LogP contribution in [-0.4, -0.2) is 24.8 Å². The predicted octanol–water partition coefficient (Wildman–Crippen LogP) is 4.17. The molecule has 0 saturated carbocycles. The molecule has 2 atom stereocenters. The number of sulfonamides is 1. The molecule has 1 aromatic rings. The van der Waals surface area contributed by atoms with Crippen LogP contribution in [0.25, 0.3) is 0 Å². The fourth-order valence-corrected chi connectivity index (χ4v) is 5.32. The van der Waals surface area contributed by atoms with Gasteiger partial charge < -0.3 is 0 Å². The van der Waals surface area contributed by atoms with Crippen molar-refractivity contribution in [1.82, 2.24) is 4.31 Å². The Morgan fingerprint density at radius 1 is 1.38 bits per heavy atom. The summed E-state index contributed by atoms with van der Waals surface area (Å²) in [4.78, 5) is -0.0766. The van der Waals surface area contributed by atoms with Crippen molar-refractivity contribution in [2.45, 2.75) is 56.0 Å². The van der Waals surface area contributed by atoms with Gasteiger partial charge in [-0.1, -0.05) is 18.5 Å². The van der Waals surface area contributed by atoms with E-state index in [1.807, 2.05) is 13.8 Å². The normalized spacial score (nSPS) is 23.7. The topological polar surface area (TPSA) is 37.4 Å². The summed E-state index contributed by atoms with van der Waals surface area (Å²) in [7, 11) is -3.74. The minimum absolute atomic E-state index is 0.0358. The molecule has 0 aromatic heterocycles. The van der Waals surface area contributed by atoms with Crippen LogP contribution in [0.5, 0.6) is 0 Å². The molecule has 1 aliphatic rings. The number of hydrogen-bond acceptors (Lipinski definition) is 2. The summed E-state index contributed by atoms with van der Waals surface area (Å²) >= 11 is 11.5. The molecule has 1 saturated heterocycles. The van der Waals surface area contributed by atoms with Crippen LogP contribution in [0.2, 0.25) is 5.02 Å². The summed E-state index contributed by atoms with van der Waals surface area (Å²) in [5, 5.41) is -0.120. The summed E-state index contributed by atoms with van der Waals surface area (Å²) in [6, 6.07) is 2.22. The highest BCUT2D eigenvalue weighted by atomic mass is 35.5. The molecule has 3 nitrogen and oxygen atoms in total. The summed E-state index contributed by atoms with van der Waals surface area (Å²) < 4.78 is 41.0. The molecule has 2 rings (SSSR count). The Morgan fingerprint density at radius 3 is 2.62 bits per heavy atom. The van der Waals surface area contributed by atoms with Crippen LogP contribution >= 0.6 is 23.2 Å². The van der Waals surface area contributed by atoms with E-state index in [1.165, 1.54) is 10.4 Å². The fraction of sp³-hybridized carbons (Fsp3) is 0.571. The van der Waals surface area contributed by atoms with E-state index in [1.54, 1.807) is 0 Å². The van der Waals surface area contributed by atoms with E-state index in [4.69, 9.17) is 23.2 Å². The molecule has 21 heavy (non-hydrogen) atoms. The highest BCUT2D eigenvalue weighted by molar-refractivity contribution is 7.89. The number of alkyl halides is 1. The molecule has 118 valence electrons. The van der Waals surface area contributed by atoms with E-state index >= 15 is 0 Å². The molecule has 0 bridgehead atoms. The largest absolute Gasteiger partial charge is 0.243 e. The van der Waals surface area contributed by atoms with E-state index in [-0.39, 0.29) is 33.4 Å². The van der Waals surface area contributed by atoms with Crippen molar-refractivity contribution in [3.05, 3.63) is 28.5 Å². The van der Waals surface area contributed by atoms with Gasteiger partial charge in [-0.25, -0.2) is 12.8 Å². The summed E-state index contributed by atoms with van der Waals surface area (Å²) in [5.74, 6) is -0.792. The van der Waals surface area contributed by atoms with E-state index in [2.05, 4.69) is 0 Å².